The van der Waals surface area contributed by atoms with E-state index in [-0.39, 0.29) is 12.0 Å². The molecule has 7 heteroatoms. The van der Waals surface area contributed by atoms with Crippen molar-refractivity contribution in [3.63, 3.8) is 0 Å². The van der Waals surface area contributed by atoms with Gasteiger partial charge in [0.15, 0.2) is 16.6 Å². The van der Waals surface area contributed by atoms with E-state index in [0.717, 1.165) is 22.6 Å². The van der Waals surface area contributed by atoms with Gasteiger partial charge in [0.2, 0.25) is 5.91 Å². The quantitative estimate of drug-likeness (QED) is 0.437. The second-order valence-corrected chi connectivity index (χ2v) is 7.75. The molecule has 3 rings (SSSR count). The fourth-order valence-electron chi connectivity index (χ4n) is 2.82. The summed E-state index contributed by atoms with van der Waals surface area (Å²) < 4.78 is 16.5. The summed E-state index contributed by atoms with van der Waals surface area (Å²) in [6, 6.07) is 13.3. The van der Waals surface area contributed by atoms with E-state index in [1.807, 2.05) is 68.6 Å². The van der Waals surface area contributed by atoms with Gasteiger partial charge in [-0.3, -0.25) is 10.1 Å². The monoisotopic (exact) mass is 438 g/mol. The van der Waals surface area contributed by atoms with Crippen molar-refractivity contribution in [3.05, 3.63) is 59.5 Å². The normalized spacial score (nSPS) is 11.0. The molecule has 0 aliphatic rings. The average molecular weight is 439 g/mol. The van der Waals surface area contributed by atoms with Gasteiger partial charge in [0, 0.05) is 17.0 Å². The predicted octanol–water partition coefficient (Wildman–Crippen LogP) is 5.66. The molecule has 0 bridgehead atoms. The molecule has 0 aliphatic heterocycles. The number of nitrogens with one attached hydrogen (secondary N) is 1. The molecule has 0 spiro atoms. The van der Waals surface area contributed by atoms with Crippen molar-refractivity contribution >= 4 is 28.5 Å². The molecule has 1 N–H and O–H groups in total. The lowest BCUT2D eigenvalue weighted by atomic mass is 10.2. The molecule has 0 atom stereocenters. The molecule has 1 heterocycles. The van der Waals surface area contributed by atoms with Gasteiger partial charge in [-0.05, 0) is 68.8 Å². The van der Waals surface area contributed by atoms with Crippen LogP contribution in [0, 0.1) is 0 Å². The van der Waals surface area contributed by atoms with Crippen molar-refractivity contribution in [1.29, 1.82) is 0 Å². The third-order valence-electron chi connectivity index (χ3n) is 4.17. The fourth-order valence-corrected chi connectivity index (χ4v) is 3.54. The molecule has 31 heavy (non-hydrogen) atoms. The van der Waals surface area contributed by atoms with Gasteiger partial charge in [-0.1, -0.05) is 6.07 Å². The summed E-state index contributed by atoms with van der Waals surface area (Å²) in [6.45, 7) is 6.45. The molecule has 1 amide bonds. The lowest BCUT2D eigenvalue weighted by molar-refractivity contribution is -0.111. The maximum absolute atomic E-state index is 12.3. The largest absolute Gasteiger partial charge is 0.493 e. The Bertz CT molecular complexity index is 1040. The number of thiazole rings is 1. The van der Waals surface area contributed by atoms with Crippen LogP contribution in [0.5, 0.6) is 17.2 Å². The molecule has 1 aromatic heterocycles. The maximum atomic E-state index is 12.3. The first kappa shape index (κ1) is 22.4. The lowest BCUT2D eigenvalue weighted by Crippen LogP contribution is -2.07. The summed E-state index contributed by atoms with van der Waals surface area (Å²) in [7, 11) is 1.59. The van der Waals surface area contributed by atoms with Crippen molar-refractivity contribution in [2.24, 2.45) is 0 Å². The van der Waals surface area contributed by atoms with Gasteiger partial charge < -0.3 is 14.2 Å². The summed E-state index contributed by atoms with van der Waals surface area (Å²) >= 11 is 1.38. The van der Waals surface area contributed by atoms with E-state index in [1.54, 1.807) is 13.2 Å². The van der Waals surface area contributed by atoms with Crippen LogP contribution in [0.3, 0.4) is 0 Å². The topological polar surface area (TPSA) is 69.7 Å². The van der Waals surface area contributed by atoms with Gasteiger partial charge in [0.25, 0.3) is 0 Å². The summed E-state index contributed by atoms with van der Waals surface area (Å²) in [4.78, 5) is 16.8. The van der Waals surface area contributed by atoms with Crippen molar-refractivity contribution in [1.82, 2.24) is 4.98 Å². The van der Waals surface area contributed by atoms with Crippen LogP contribution in [-0.4, -0.2) is 30.7 Å². The first-order chi connectivity index (χ1) is 15.0. The summed E-state index contributed by atoms with van der Waals surface area (Å²) in [5.74, 6) is 1.86. The van der Waals surface area contributed by atoms with E-state index in [9.17, 15) is 4.79 Å². The summed E-state index contributed by atoms with van der Waals surface area (Å²) in [5.41, 5.74) is 2.60. The zero-order valence-corrected chi connectivity index (χ0v) is 18.9. The number of ether oxygens (including phenoxy) is 3. The van der Waals surface area contributed by atoms with Crippen LogP contribution in [0.25, 0.3) is 17.3 Å². The van der Waals surface area contributed by atoms with Crippen LogP contribution in [-0.2, 0) is 4.79 Å². The smallest absolute Gasteiger partial charge is 0.250 e. The van der Waals surface area contributed by atoms with Crippen LogP contribution in [0.2, 0.25) is 0 Å². The second kappa shape index (κ2) is 10.6. The van der Waals surface area contributed by atoms with E-state index in [2.05, 4.69) is 10.3 Å². The van der Waals surface area contributed by atoms with Crippen molar-refractivity contribution in [2.75, 3.05) is 19.0 Å². The van der Waals surface area contributed by atoms with Crippen molar-refractivity contribution in [2.45, 2.75) is 26.9 Å². The van der Waals surface area contributed by atoms with Gasteiger partial charge in [0.05, 0.1) is 25.5 Å². The molecule has 2 aromatic carbocycles. The van der Waals surface area contributed by atoms with Crippen LogP contribution in [0.4, 0.5) is 5.13 Å². The molecule has 6 nitrogen and oxygen atoms in total. The lowest BCUT2D eigenvalue weighted by Gasteiger charge is -2.09. The number of rotatable bonds is 9. The maximum Gasteiger partial charge on any atom is 0.250 e. The number of aromatic nitrogens is 1. The van der Waals surface area contributed by atoms with Gasteiger partial charge in [-0.15, -0.1) is 11.3 Å². The van der Waals surface area contributed by atoms with Crippen molar-refractivity contribution < 1.29 is 19.0 Å². The first-order valence-corrected chi connectivity index (χ1v) is 10.9. The van der Waals surface area contributed by atoms with Gasteiger partial charge >= 0.3 is 0 Å². The number of carbonyl (C=O) groups excluding carboxylic acids is 1. The number of hydrogen-bond donors (Lipinski definition) is 1. The number of hydrogen-bond acceptors (Lipinski definition) is 6. The average Bonchev–Trinajstić information content (AvgIpc) is 3.21. The minimum Gasteiger partial charge on any atom is -0.493 e. The Morgan fingerprint density at radius 1 is 1.16 bits per heavy atom. The van der Waals surface area contributed by atoms with Crippen LogP contribution >= 0.6 is 11.3 Å². The van der Waals surface area contributed by atoms with E-state index >= 15 is 0 Å². The van der Waals surface area contributed by atoms with Crippen LogP contribution in [0.15, 0.2) is 53.9 Å². The standard InChI is InChI=1S/C24H26N2O4S/c1-5-29-21-12-6-17(14-22(21)28-4)7-13-23(27)26-24-25-20(15-31-24)18-8-10-19(11-9-18)30-16(2)3/h6-16H,5H2,1-4H3,(H,25,26,27). The number of amides is 1. The number of anilines is 1. The fraction of sp³-hybridized carbons (Fsp3) is 0.250. The Morgan fingerprint density at radius 2 is 1.94 bits per heavy atom. The molecular weight excluding hydrogens is 412 g/mol. The highest BCUT2D eigenvalue weighted by Crippen LogP contribution is 2.29. The molecular formula is C24H26N2O4S. The number of benzene rings is 2. The summed E-state index contributed by atoms with van der Waals surface area (Å²) in [6.07, 6.45) is 3.31. The highest BCUT2D eigenvalue weighted by Gasteiger charge is 2.08. The second-order valence-electron chi connectivity index (χ2n) is 6.89. The minimum atomic E-state index is -0.255. The highest BCUT2D eigenvalue weighted by atomic mass is 32.1. The number of carbonyl (C=O) groups is 1. The zero-order chi connectivity index (χ0) is 22.2. The van der Waals surface area contributed by atoms with Gasteiger partial charge in [-0.2, -0.15) is 0 Å². The Morgan fingerprint density at radius 3 is 2.61 bits per heavy atom. The van der Waals surface area contributed by atoms with Gasteiger partial charge in [-0.25, -0.2) is 4.98 Å². The number of methoxy groups -OCH3 is 1. The molecule has 0 aliphatic carbocycles. The third-order valence-corrected chi connectivity index (χ3v) is 4.93. The Kier molecular flexibility index (Phi) is 7.67. The Labute approximate surface area is 186 Å². The van der Waals surface area contributed by atoms with Crippen molar-refractivity contribution in [3.8, 4) is 28.5 Å². The Hall–Kier alpha value is -3.32. The van der Waals surface area contributed by atoms with Crippen LogP contribution in [0.1, 0.15) is 26.3 Å². The highest BCUT2D eigenvalue weighted by molar-refractivity contribution is 7.14. The molecule has 0 fully saturated rings. The van der Waals surface area contributed by atoms with E-state index < -0.39 is 0 Å². The summed E-state index contributed by atoms with van der Waals surface area (Å²) in [5, 5.41) is 5.25. The predicted molar refractivity (Wildman–Crippen MR) is 125 cm³/mol. The van der Waals surface area contributed by atoms with E-state index in [1.165, 1.54) is 17.4 Å². The zero-order valence-electron chi connectivity index (χ0n) is 18.0. The van der Waals surface area contributed by atoms with E-state index in [0.29, 0.717) is 23.2 Å². The molecule has 3 aromatic rings. The molecule has 0 radical (unpaired) electrons. The third kappa shape index (κ3) is 6.33. The molecule has 162 valence electrons. The molecule has 0 unspecified atom stereocenters. The Balaban J connectivity index is 1.62. The SMILES string of the molecule is CCOc1ccc(C=CC(=O)Nc2nc(-c3ccc(OC(C)C)cc3)cs2)cc1OC. The first-order valence-electron chi connectivity index (χ1n) is 10.0. The molecule has 0 saturated carbocycles. The van der Waals surface area contributed by atoms with Crippen LogP contribution < -0.4 is 19.5 Å². The number of nitrogens with zero attached hydrogens (tertiary/aromatic N) is 1. The van der Waals surface area contributed by atoms with Gasteiger partial charge in [0.1, 0.15) is 5.75 Å². The van der Waals surface area contributed by atoms with E-state index in [4.69, 9.17) is 14.2 Å². The molecule has 0 saturated heterocycles. The minimum absolute atomic E-state index is 0.128.